The molecule has 1 saturated heterocycles. The molecule has 1 heterocycles. The molecule has 8 heavy (non-hydrogen) atoms. The van der Waals surface area contributed by atoms with Gasteiger partial charge in [-0.2, -0.15) is 0 Å². The Labute approximate surface area is 53.0 Å². The Hall–Kier alpha value is -0.210. The van der Waals surface area contributed by atoms with Gasteiger partial charge in [-0.1, -0.05) is 6.58 Å². The summed E-state index contributed by atoms with van der Waals surface area (Å²) in [5.74, 6) is 1.04. The predicted octanol–water partition coefficient (Wildman–Crippen LogP) is 1.11. The van der Waals surface area contributed by atoms with Crippen molar-refractivity contribution in [1.82, 2.24) is 0 Å². The van der Waals surface area contributed by atoms with E-state index in [0.29, 0.717) is 18.2 Å². The molecule has 2 nitrogen and oxygen atoms in total. The minimum Gasteiger partial charge on any atom is -0.466 e. The molecule has 1 aliphatic rings. The van der Waals surface area contributed by atoms with Gasteiger partial charge in [-0.15, -0.1) is 11.6 Å². The van der Waals surface area contributed by atoms with Crippen LogP contribution in [-0.2, 0) is 9.47 Å². The van der Waals surface area contributed by atoms with E-state index in [-0.39, 0.29) is 6.29 Å². The SMILES string of the molecule is C=C1COC(CCl)O1. The average molecular weight is 135 g/mol. The topological polar surface area (TPSA) is 18.5 Å². The summed E-state index contributed by atoms with van der Waals surface area (Å²) >= 11 is 5.38. The quantitative estimate of drug-likeness (QED) is 0.501. The van der Waals surface area contributed by atoms with Crippen LogP contribution in [-0.4, -0.2) is 18.8 Å². The molecule has 3 heteroatoms. The van der Waals surface area contributed by atoms with Crippen LogP contribution in [0.4, 0.5) is 0 Å². The van der Waals surface area contributed by atoms with Crippen molar-refractivity contribution < 1.29 is 9.47 Å². The van der Waals surface area contributed by atoms with Gasteiger partial charge in [-0.3, -0.25) is 0 Å². The zero-order valence-corrected chi connectivity index (χ0v) is 5.15. The summed E-state index contributed by atoms with van der Waals surface area (Å²) < 4.78 is 9.92. The lowest BCUT2D eigenvalue weighted by atomic mass is 10.6. The van der Waals surface area contributed by atoms with E-state index in [1.165, 1.54) is 0 Å². The molecule has 0 aromatic heterocycles. The van der Waals surface area contributed by atoms with Crippen LogP contribution in [0, 0.1) is 0 Å². The fraction of sp³-hybridized carbons (Fsp3) is 0.600. The molecule has 0 amide bonds. The fourth-order valence-corrected chi connectivity index (χ4v) is 0.668. The van der Waals surface area contributed by atoms with Crippen LogP contribution in [0.25, 0.3) is 0 Å². The van der Waals surface area contributed by atoms with Gasteiger partial charge >= 0.3 is 0 Å². The predicted molar refractivity (Wildman–Crippen MR) is 30.7 cm³/mol. The van der Waals surface area contributed by atoms with Crippen molar-refractivity contribution in [2.24, 2.45) is 0 Å². The average Bonchev–Trinajstić information content (AvgIpc) is 2.14. The van der Waals surface area contributed by atoms with Crippen LogP contribution < -0.4 is 0 Å². The van der Waals surface area contributed by atoms with Crippen LogP contribution in [0.1, 0.15) is 0 Å². The third kappa shape index (κ3) is 1.14. The van der Waals surface area contributed by atoms with Gasteiger partial charge in [0, 0.05) is 0 Å². The highest BCUT2D eigenvalue weighted by atomic mass is 35.5. The van der Waals surface area contributed by atoms with E-state index < -0.39 is 0 Å². The molecule has 46 valence electrons. The van der Waals surface area contributed by atoms with Crippen molar-refractivity contribution in [1.29, 1.82) is 0 Å². The lowest BCUT2D eigenvalue weighted by Gasteiger charge is -2.01. The van der Waals surface area contributed by atoms with Crippen LogP contribution >= 0.6 is 11.6 Å². The molecule has 1 rings (SSSR count). The number of rotatable bonds is 1. The summed E-state index contributed by atoms with van der Waals surface area (Å²) in [7, 11) is 0. The van der Waals surface area contributed by atoms with Crippen molar-refractivity contribution in [3.8, 4) is 0 Å². The van der Waals surface area contributed by atoms with E-state index in [2.05, 4.69) is 6.58 Å². The second kappa shape index (κ2) is 2.37. The third-order valence-electron chi connectivity index (χ3n) is 0.854. The summed E-state index contributed by atoms with van der Waals surface area (Å²) in [6.07, 6.45) is -0.260. The van der Waals surface area contributed by atoms with Gasteiger partial charge in [0.05, 0.1) is 5.88 Å². The standard InChI is InChI=1S/C5H7ClO2/c1-4-3-7-5(2-6)8-4/h5H,1-3H2. The molecule has 1 atom stereocenters. The summed E-state index contributed by atoms with van der Waals surface area (Å²) in [4.78, 5) is 0. The summed E-state index contributed by atoms with van der Waals surface area (Å²) in [5.41, 5.74) is 0. The van der Waals surface area contributed by atoms with Crippen molar-refractivity contribution in [2.75, 3.05) is 12.5 Å². The van der Waals surface area contributed by atoms with E-state index in [1.54, 1.807) is 0 Å². The van der Waals surface area contributed by atoms with Crippen LogP contribution in [0.5, 0.6) is 0 Å². The highest BCUT2D eigenvalue weighted by Gasteiger charge is 2.17. The van der Waals surface area contributed by atoms with Crippen molar-refractivity contribution in [2.45, 2.75) is 6.29 Å². The lowest BCUT2D eigenvalue weighted by molar-refractivity contribution is -0.0123. The molecule has 0 aromatic carbocycles. The molecule has 1 fully saturated rings. The van der Waals surface area contributed by atoms with Gasteiger partial charge in [-0.25, -0.2) is 0 Å². The molecule has 0 aromatic rings. The van der Waals surface area contributed by atoms with Crippen LogP contribution in [0.15, 0.2) is 12.3 Å². The number of hydrogen-bond acceptors (Lipinski definition) is 2. The van der Waals surface area contributed by atoms with Crippen molar-refractivity contribution in [3.05, 3.63) is 12.3 Å². The Morgan fingerprint density at radius 3 is 2.88 bits per heavy atom. The zero-order valence-electron chi connectivity index (χ0n) is 4.39. The van der Waals surface area contributed by atoms with Gasteiger partial charge in [-0.05, 0) is 0 Å². The van der Waals surface area contributed by atoms with E-state index in [4.69, 9.17) is 21.1 Å². The molecule has 0 bridgehead atoms. The minimum atomic E-state index is -0.260. The van der Waals surface area contributed by atoms with E-state index >= 15 is 0 Å². The lowest BCUT2D eigenvalue weighted by Crippen LogP contribution is -2.07. The Balaban J connectivity index is 2.32. The van der Waals surface area contributed by atoms with Gasteiger partial charge in [0.2, 0.25) is 6.29 Å². The second-order valence-electron chi connectivity index (χ2n) is 1.55. The first-order valence-electron chi connectivity index (χ1n) is 2.35. The van der Waals surface area contributed by atoms with Gasteiger partial charge in [0.1, 0.15) is 12.4 Å². The van der Waals surface area contributed by atoms with Crippen molar-refractivity contribution >= 4 is 11.6 Å². The largest absolute Gasteiger partial charge is 0.466 e. The molecule has 0 aliphatic carbocycles. The third-order valence-corrected chi connectivity index (χ3v) is 1.11. The highest BCUT2D eigenvalue weighted by Crippen LogP contribution is 2.12. The normalized spacial score (nSPS) is 28.1. The van der Waals surface area contributed by atoms with Crippen LogP contribution in [0.3, 0.4) is 0 Å². The van der Waals surface area contributed by atoms with E-state index in [0.717, 1.165) is 0 Å². The molecule has 0 saturated carbocycles. The molecule has 0 radical (unpaired) electrons. The fourth-order valence-electron chi connectivity index (χ4n) is 0.516. The van der Waals surface area contributed by atoms with Gasteiger partial charge in [0.25, 0.3) is 0 Å². The smallest absolute Gasteiger partial charge is 0.213 e. The first kappa shape index (κ1) is 5.92. The summed E-state index contributed by atoms with van der Waals surface area (Å²) in [5, 5.41) is 0. The number of hydrogen-bond donors (Lipinski definition) is 0. The highest BCUT2D eigenvalue weighted by molar-refractivity contribution is 6.18. The summed E-state index contributed by atoms with van der Waals surface area (Å²) in [6.45, 7) is 4.03. The minimum absolute atomic E-state index is 0.260. The van der Waals surface area contributed by atoms with Gasteiger partial charge in [0.15, 0.2) is 0 Å². The molecule has 1 aliphatic heterocycles. The van der Waals surface area contributed by atoms with E-state index in [9.17, 15) is 0 Å². The number of halogens is 1. The Morgan fingerprint density at radius 2 is 2.62 bits per heavy atom. The molecular formula is C5H7ClO2. The Bertz CT molecular complexity index is 103. The Morgan fingerprint density at radius 1 is 1.88 bits per heavy atom. The number of alkyl halides is 1. The first-order valence-corrected chi connectivity index (χ1v) is 2.88. The van der Waals surface area contributed by atoms with Crippen LogP contribution in [0.2, 0.25) is 0 Å². The molecule has 0 spiro atoms. The maximum absolute atomic E-state index is 5.38. The second-order valence-corrected chi connectivity index (χ2v) is 1.86. The summed E-state index contributed by atoms with van der Waals surface area (Å²) in [6, 6.07) is 0. The Kier molecular flexibility index (Phi) is 1.76. The molecule has 0 N–H and O–H groups in total. The van der Waals surface area contributed by atoms with Gasteiger partial charge < -0.3 is 9.47 Å². The number of ether oxygens (including phenoxy) is 2. The zero-order chi connectivity index (χ0) is 5.98. The maximum atomic E-state index is 5.38. The van der Waals surface area contributed by atoms with Crippen molar-refractivity contribution in [3.63, 3.8) is 0 Å². The maximum Gasteiger partial charge on any atom is 0.213 e. The first-order chi connectivity index (χ1) is 3.83. The molecule has 1 unspecified atom stereocenters. The molecular weight excluding hydrogens is 128 g/mol. The van der Waals surface area contributed by atoms with E-state index in [1.807, 2.05) is 0 Å². The monoisotopic (exact) mass is 134 g/mol.